The zero-order valence-electron chi connectivity index (χ0n) is 33.3. The van der Waals surface area contributed by atoms with E-state index in [0.29, 0.717) is 39.2 Å². The lowest BCUT2D eigenvalue weighted by Crippen LogP contribution is -2.41. The van der Waals surface area contributed by atoms with Gasteiger partial charge in [-0.2, -0.15) is 11.8 Å². The maximum absolute atomic E-state index is 14.8. The number of amides is 1. The second kappa shape index (κ2) is 17.8. The van der Waals surface area contributed by atoms with Crippen molar-refractivity contribution in [2.75, 3.05) is 16.3 Å². The summed E-state index contributed by atoms with van der Waals surface area (Å²) in [5.74, 6) is -1.16. The van der Waals surface area contributed by atoms with Gasteiger partial charge in [0.2, 0.25) is 0 Å². The predicted octanol–water partition coefficient (Wildman–Crippen LogP) is 9.20. The summed E-state index contributed by atoms with van der Waals surface area (Å²) in [5, 5.41) is 13.2. The molecule has 8 aromatic rings. The molecular weight excluding hydrogens is 803 g/mol. The van der Waals surface area contributed by atoms with Gasteiger partial charge in [0.1, 0.15) is 17.3 Å². The smallest absolute Gasteiger partial charge is 0.326 e. The quantitative estimate of drug-likeness (QED) is 0.0825. The number of rotatable bonds is 16. The van der Waals surface area contributed by atoms with Crippen molar-refractivity contribution in [1.29, 1.82) is 0 Å². The van der Waals surface area contributed by atoms with Gasteiger partial charge in [0, 0.05) is 22.7 Å². The first-order valence-electron chi connectivity index (χ1n) is 19.7. The highest BCUT2D eigenvalue weighted by Crippen LogP contribution is 2.42. The first-order valence-corrected chi connectivity index (χ1v) is 22.6. The number of carbonyl (C=O) groups excluding carboxylic acids is 1. The van der Waals surface area contributed by atoms with Crippen molar-refractivity contribution in [3.63, 3.8) is 0 Å². The molecule has 0 aliphatic carbocycles. The summed E-state index contributed by atoms with van der Waals surface area (Å²) >= 11 is 1.50. The highest BCUT2D eigenvalue weighted by molar-refractivity contribution is 7.98. The molecule has 0 fully saturated rings. The summed E-state index contributed by atoms with van der Waals surface area (Å²) in [5.41, 5.74) is 4.92. The molecule has 8 rings (SSSR count). The molecule has 3 N–H and O–H groups in total. The van der Waals surface area contributed by atoms with Gasteiger partial charge in [-0.25, -0.2) is 18.2 Å². The van der Waals surface area contributed by atoms with Crippen LogP contribution in [-0.4, -0.2) is 58.0 Å². The Morgan fingerprint density at radius 3 is 1.87 bits per heavy atom. The van der Waals surface area contributed by atoms with E-state index in [1.807, 2.05) is 102 Å². The Labute approximate surface area is 359 Å². The molecule has 0 aliphatic heterocycles. The van der Waals surface area contributed by atoms with Gasteiger partial charge in [-0.15, -0.1) is 0 Å². The monoisotopic (exact) mass is 845 g/mol. The minimum Gasteiger partial charge on any atom is -0.480 e. The van der Waals surface area contributed by atoms with Gasteiger partial charge in [0.15, 0.2) is 0 Å². The molecular formula is C49H43N5O5S2. The van der Waals surface area contributed by atoms with Crippen molar-refractivity contribution in [2.24, 2.45) is 0 Å². The summed E-state index contributed by atoms with van der Waals surface area (Å²) in [4.78, 5) is 34.3. The third-order valence-corrected chi connectivity index (χ3v) is 13.2. The average Bonchev–Trinajstić information content (AvgIpc) is 3.94. The Balaban J connectivity index is 1.27. The van der Waals surface area contributed by atoms with Gasteiger partial charge in [0.25, 0.3) is 15.9 Å². The Bertz CT molecular complexity index is 2770. The molecule has 0 spiro atoms. The van der Waals surface area contributed by atoms with E-state index in [1.165, 1.54) is 16.1 Å². The van der Waals surface area contributed by atoms with E-state index in [1.54, 1.807) is 54.9 Å². The molecule has 61 heavy (non-hydrogen) atoms. The maximum Gasteiger partial charge on any atom is 0.326 e. The van der Waals surface area contributed by atoms with Gasteiger partial charge in [-0.1, -0.05) is 140 Å². The first kappa shape index (κ1) is 40.9. The van der Waals surface area contributed by atoms with E-state index in [-0.39, 0.29) is 23.6 Å². The number of hydrogen-bond donors (Lipinski definition) is 3. The fraction of sp³-hybridized carbons (Fsp3) is 0.122. The van der Waals surface area contributed by atoms with Crippen molar-refractivity contribution in [1.82, 2.24) is 19.9 Å². The van der Waals surface area contributed by atoms with Gasteiger partial charge >= 0.3 is 5.97 Å². The van der Waals surface area contributed by atoms with Crippen molar-refractivity contribution in [2.45, 2.75) is 29.4 Å². The fourth-order valence-corrected chi connectivity index (χ4v) is 9.85. The number of benzene rings is 6. The lowest BCUT2D eigenvalue weighted by Gasteiger charge is -2.37. The molecule has 0 saturated carbocycles. The van der Waals surface area contributed by atoms with Gasteiger partial charge < -0.3 is 20.0 Å². The summed E-state index contributed by atoms with van der Waals surface area (Å²) < 4.78 is 33.1. The molecule has 2 heterocycles. The second-order valence-electron chi connectivity index (χ2n) is 14.5. The van der Waals surface area contributed by atoms with Crippen LogP contribution in [0.5, 0.6) is 0 Å². The molecule has 10 nitrogen and oxygen atoms in total. The molecule has 6 aromatic carbocycles. The van der Waals surface area contributed by atoms with Crippen molar-refractivity contribution >= 4 is 50.3 Å². The van der Waals surface area contributed by atoms with Crippen LogP contribution in [0.1, 0.15) is 39.3 Å². The average molecular weight is 846 g/mol. The van der Waals surface area contributed by atoms with Crippen LogP contribution in [0.15, 0.2) is 187 Å². The third-order valence-electron chi connectivity index (χ3n) is 10.8. The van der Waals surface area contributed by atoms with Crippen molar-refractivity contribution < 1.29 is 23.1 Å². The highest BCUT2D eigenvalue weighted by Gasteiger charge is 2.39. The summed E-state index contributed by atoms with van der Waals surface area (Å²) in [6.45, 7) is -0.127. The van der Waals surface area contributed by atoms with E-state index >= 15 is 0 Å². The Kier molecular flexibility index (Phi) is 11.9. The van der Waals surface area contributed by atoms with Crippen LogP contribution in [0, 0.1) is 0 Å². The normalized spacial score (nSPS) is 12.2. The largest absolute Gasteiger partial charge is 0.480 e. The lowest BCUT2D eigenvalue weighted by atomic mass is 9.77. The number of aliphatic carboxylic acids is 1. The van der Waals surface area contributed by atoms with Crippen LogP contribution in [0.3, 0.4) is 0 Å². The number of imidazole rings is 1. The number of thioether (sulfide) groups is 1. The molecule has 0 aliphatic rings. The lowest BCUT2D eigenvalue weighted by molar-refractivity contribution is -0.139. The number of sulfonamides is 1. The summed E-state index contributed by atoms with van der Waals surface area (Å²) in [7, 11) is -4.20. The van der Waals surface area contributed by atoms with Crippen LogP contribution < -0.4 is 9.62 Å². The molecule has 1 atom stereocenters. The van der Waals surface area contributed by atoms with Crippen LogP contribution in [0.4, 0.5) is 5.69 Å². The SMILES string of the molecule is CSCC[C@H](NC(=O)c1[nH]c2ccc(N(Cc3cn(C(c4ccccc4)(c4ccccc4)c4ccccc4)cn3)S(=O)(=O)c3ccccc3)cc2c1-c1ccccc1)C(=O)O. The number of aromatic nitrogens is 3. The van der Waals surface area contributed by atoms with Gasteiger partial charge in [0.05, 0.1) is 29.1 Å². The Morgan fingerprint density at radius 2 is 1.33 bits per heavy atom. The maximum atomic E-state index is 14.8. The van der Waals surface area contributed by atoms with Crippen molar-refractivity contribution in [3.05, 3.63) is 210 Å². The van der Waals surface area contributed by atoms with Crippen LogP contribution >= 0.6 is 11.8 Å². The highest BCUT2D eigenvalue weighted by atomic mass is 32.2. The molecule has 0 bridgehead atoms. The molecule has 0 saturated heterocycles. The first-order chi connectivity index (χ1) is 29.7. The molecule has 306 valence electrons. The second-order valence-corrected chi connectivity index (χ2v) is 17.4. The number of hydrogen-bond acceptors (Lipinski definition) is 6. The predicted molar refractivity (Wildman–Crippen MR) is 242 cm³/mol. The Morgan fingerprint density at radius 1 is 0.787 bits per heavy atom. The van der Waals surface area contributed by atoms with Gasteiger partial charge in [-0.3, -0.25) is 9.10 Å². The zero-order chi connectivity index (χ0) is 42.4. The zero-order valence-corrected chi connectivity index (χ0v) is 34.9. The van der Waals surface area contributed by atoms with E-state index < -0.39 is 33.5 Å². The number of carboxylic acids is 1. The number of aromatic amines is 1. The number of nitrogens with zero attached hydrogens (tertiary/aromatic N) is 3. The Hall–Kier alpha value is -6.89. The number of carbonyl (C=O) groups is 2. The molecule has 0 radical (unpaired) electrons. The van der Waals surface area contributed by atoms with E-state index in [2.05, 4.69) is 46.7 Å². The minimum atomic E-state index is -4.20. The fourth-order valence-electron chi connectivity index (χ4n) is 7.93. The number of H-pyrrole nitrogens is 1. The van der Waals surface area contributed by atoms with E-state index in [4.69, 9.17) is 4.98 Å². The number of nitrogens with one attached hydrogen (secondary N) is 2. The standard InChI is InChI=1S/C49H43N5O5S2/c1-60-30-29-44(48(56)57)52-47(55)46-45(35-17-7-2-8-18-35)42-31-40(27-28-43(42)51-46)54(61(58,59)41-25-15-6-16-26-41)33-39-32-53(34-50-39)49(36-19-9-3-10-20-36,37-21-11-4-12-22-37)38-23-13-5-14-24-38/h2-28,31-32,34,44,51H,29-30,33H2,1H3,(H,52,55)(H,56,57)/t44-/m0/s1. The minimum absolute atomic E-state index is 0.101. The van der Waals surface area contributed by atoms with E-state index in [0.717, 1.165) is 16.7 Å². The van der Waals surface area contributed by atoms with Crippen LogP contribution in [-0.2, 0) is 26.9 Å². The number of anilines is 1. The van der Waals surface area contributed by atoms with Crippen LogP contribution in [0.2, 0.25) is 0 Å². The molecule has 2 aromatic heterocycles. The molecule has 1 amide bonds. The third kappa shape index (κ3) is 8.07. The number of carboxylic acid groups (broad SMARTS) is 1. The van der Waals surface area contributed by atoms with E-state index in [9.17, 15) is 23.1 Å². The summed E-state index contributed by atoms with van der Waals surface area (Å²) in [6.07, 6.45) is 5.79. The number of fused-ring (bicyclic) bond motifs is 1. The van der Waals surface area contributed by atoms with Crippen LogP contribution in [0.25, 0.3) is 22.0 Å². The summed E-state index contributed by atoms with van der Waals surface area (Å²) in [6, 6.07) is 52.2. The van der Waals surface area contributed by atoms with Crippen molar-refractivity contribution in [3.8, 4) is 11.1 Å². The van der Waals surface area contributed by atoms with Gasteiger partial charge in [-0.05, 0) is 71.0 Å². The topological polar surface area (TPSA) is 137 Å². The molecule has 12 heteroatoms. The molecule has 0 unspecified atom stereocenters.